The molecule has 0 saturated carbocycles. The second kappa shape index (κ2) is 12.9. The van der Waals surface area contributed by atoms with Crippen LogP contribution in [-0.2, 0) is 4.74 Å². The molecule has 1 N–H and O–H groups in total. The minimum atomic E-state index is -1.56. The Balaban J connectivity index is 0.00000157. The van der Waals surface area contributed by atoms with Crippen LogP contribution in [0, 0.1) is 0 Å². The number of benzene rings is 1. The highest BCUT2D eigenvalue weighted by Gasteiger charge is 2.33. The molecule has 1 saturated heterocycles. The van der Waals surface area contributed by atoms with Crippen molar-refractivity contribution in [3.05, 3.63) is 53.4 Å². The zero-order chi connectivity index (χ0) is 26.2. The topological polar surface area (TPSA) is 63.3 Å². The minimum absolute atomic E-state index is 0. The summed E-state index contributed by atoms with van der Waals surface area (Å²) in [4.78, 5) is 17.2. The van der Waals surface area contributed by atoms with Crippen LogP contribution >= 0.6 is 0 Å². The van der Waals surface area contributed by atoms with Crippen LogP contribution in [0.15, 0.2) is 42.3 Å². The van der Waals surface area contributed by atoms with Gasteiger partial charge in [0, 0.05) is 52.4 Å². The van der Waals surface area contributed by atoms with Gasteiger partial charge >= 0.3 is 0 Å². The number of methoxy groups -OCH3 is 2. The number of Topliss-reactive ketones (excluding diaryl/α,β-unsaturated/α-hetero) is 1. The van der Waals surface area contributed by atoms with E-state index in [9.17, 15) is 9.18 Å². The lowest BCUT2D eigenvalue weighted by Crippen LogP contribution is -2.38. The molecule has 1 fully saturated rings. The SMILES string of the molecule is CC.CCC(=O)c1c(OC)cc(C2=CNC3C=C(C4CCCN4CCOC)C=CN23)cc1OC(C)F.[HH]. The first kappa shape index (κ1) is 27.7. The van der Waals surface area contributed by atoms with Crippen molar-refractivity contribution < 1.29 is 24.8 Å². The van der Waals surface area contributed by atoms with E-state index in [1.165, 1.54) is 26.0 Å². The smallest absolute Gasteiger partial charge is 0.235 e. The average molecular weight is 504 g/mol. The zero-order valence-corrected chi connectivity index (χ0v) is 22.3. The molecule has 3 unspecified atom stereocenters. The van der Waals surface area contributed by atoms with Crippen LogP contribution in [0.25, 0.3) is 5.70 Å². The number of rotatable bonds is 10. The number of likely N-dealkylation sites (tertiary alicyclic amines) is 1. The number of halogens is 1. The quantitative estimate of drug-likeness (QED) is 0.432. The molecule has 4 rings (SSSR count). The van der Waals surface area contributed by atoms with Crippen molar-refractivity contribution in [2.45, 2.75) is 65.5 Å². The summed E-state index contributed by atoms with van der Waals surface area (Å²) in [6.45, 7) is 9.80. The maximum absolute atomic E-state index is 13.8. The Kier molecular flexibility index (Phi) is 9.96. The second-order valence-electron chi connectivity index (χ2n) is 8.71. The molecule has 8 heteroatoms. The fraction of sp³-hybridized carbons (Fsp3) is 0.536. The van der Waals surface area contributed by atoms with Gasteiger partial charge in [-0.15, -0.1) is 0 Å². The van der Waals surface area contributed by atoms with Gasteiger partial charge < -0.3 is 24.4 Å². The molecule has 0 bridgehead atoms. The number of ether oxygens (including phenoxy) is 3. The Morgan fingerprint density at radius 3 is 2.69 bits per heavy atom. The highest BCUT2D eigenvalue weighted by molar-refractivity contribution is 6.01. The Hall–Kier alpha value is -2.84. The molecule has 3 aliphatic heterocycles. The maximum Gasteiger partial charge on any atom is 0.235 e. The summed E-state index contributed by atoms with van der Waals surface area (Å²) < 4.78 is 30.0. The first-order chi connectivity index (χ1) is 17.5. The zero-order valence-electron chi connectivity index (χ0n) is 22.3. The van der Waals surface area contributed by atoms with Gasteiger partial charge in [-0.25, -0.2) is 4.39 Å². The van der Waals surface area contributed by atoms with Crippen LogP contribution in [0.1, 0.15) is 64.3 Å². The van der Waals surface area contributed by atoms with Gasteiger partial charge in [-0.1, -0.05) is 20.8 Å². The number of alkyl halides is 1. The van der Waals surface area contributed by atoms with Gasteiger partial charge in [0.05, 0.1) is 19.4 Å². The molecule has 0 spiro atoms. The third-order valence-electron chi connectivity index (χ3n) is 6.55. The van der Waals surface area contributed by atoms with E-state index >= 15 is 0 Å². The molecule has 36 heavy (non-hydrogen) atoms. The van der Waals surface area contributed by atoms with Crippen molar-refractivity contribution >= 4 is 11.5 Å². The van der Waals surface area contributed by atoms with Crippen LogP contribution in [0.5, 0.6) is 11.5 Å². The van der Waals surface area contributed by atoms with Crippen molar-refractivity contribution in [3.8, 4) is 11.5 Å². The molecule has 7 nitrogen and oxygen atoms in total. The van der Waals surface area contributed by atoms with Crippen LogP contribution in [0.3, 0.4) is 0 Å². The lowest BCUT2D eigenvalue weighted by Gasteiger charge is -2.32. The van der Waals surface area contributed by atoms with E-state index in [1.54, 1.807) is 20.1 Å². The van der Waals surface area contributed by atoms with Gasteiger partial charge in [0.1, 0.15) is 23.2 Å². The Bertz CT molecular complexity index is 1010. The molecule has 1 aromatic carbocycles. The third-order valence-corrected chi connectivity index (χ3v) is 6.55. The average Bonchev–Trinajstić information content (AvgIpc) is 3.54. The van der Waals surface area contributed by atoms with Crippen molar-refractivity contribution in [1.82, 2.24) is 15.1 Å². The molecule has 3 aliphatic rings. The summed E-state index contributed by atoms with van der Waals surface area (Å²) in [6, 6.07) is 3.92. The molecule has 3 atom stereocenters. The molecule has 0 radical (unpaired) electrons. The lowest BCUT2D eigenvalue weighted by atomic mass is 9.99. The molecule has 0 aliphatic carbocycles. The molecule has 3 heterocycles. The normalized spacial score (nSPS) is 21.6. The van der Waals surface area contributed by atoms with Gasteiger partial charge in [0.25, 0.3) is 0 Å². The summed E-state index contributed by atoms with van der Waals surface area (Å²) >= 11 is 0. The van der Waals surface area contributed by atoms with E-state index in [0.29, 0.717) is 11.8 Å². The number of hydrogen-bond donors (Lipinski definition) is 1. The van der Waals surface area contributed by atoms with Crippen molar-refractivity contribution in [3.63, 3.8) is 0 Å². The first-order valence-electron chi connectivity index (χ1n) is 12.9. The number of nitrogens with one attached hydrogen (secondary N) is 1. The van der Waals surface area contributed by atoms with Crippen LogP contribution in [0.4, 0.5) is 4.39 Å². The van der Waals surface area contributed by atoms with Gasteiger partial charge in [0.2, 0.25) is 6.36 Å². The number of carbonyl (C=O) groups is 1. The third kappa shape index (κ3) is 5.93. The highest BCUT2D eigenvalue weighted by atomic mass is 19.1. The largest absolute Gasteiger partial charge is 0.496 e. The summed E-state index contributed by atoms with van der Waals surface area (Å²) in [5.41, 5.74) is 3.24. The molecule has 0 amide bonds. The number of fused-ring (bicyclic) bond motifs is 1. The molecule has 0 aromatic heterocycles. The maximum atomic E-state index is 13.8. The molecular weight excluding hydrogens is 461 g/mol. The predicted molar refractivity (Wildman–Crippen MR) is 143 cm³/mol. The predicted octanol–water partition coefficient (Wildman–Crippen LogP) is 5.35. The summed E-state index contributed by atoms with van der Waals surface area (Å²) in [6.07, 6.45) is 9.45. The van der Waals surface area contributed by atoms with Crippen molar-refractivity contribution in [2.24, 2.45) is 0 Å². The van der Waals surface area contributed by atoms with Crippen molar-refractivity contribution in [2.75, 3.05) is 33.9 Å². The summed E-state index contributed by atoms with van der Waals surface area (Å²) in [5.74, 6) is 0.411. The monoisotopic (exact) mass is 503 g/mol. The number of nitrogens with zero attached hydrogens (tertiary/aromatic N) is 2. The Morgan fingerprint density at radius 2 is 2.03 bits per heavy atom. The van der Waals surface area contributed by atoms with E-state index in [4.69, 9.17) is 14.2 Å². The number of ketones is 1. The van der Waals surface area contributed by atoms with Crippen LogP contribution < -0.4 is 14.8 Å². The van der Waals surface area contributed by atoms with Gasteiger partial charge in [-0.3, -0.25) is 9.69 Å². The molecule has 1 aromatic rings. The first-order valence-corrected chi connectivity index (χ1v) is 12.9. The minimum Gasteiger partial charge on any atom is -0.496 e. The Morgan fingerprint density at radius 1 is 1.28 bits per heavy atom. The fourth-order valence-corrected chi connectivity index (χ4v) is 4.93. The van der Waals surface area contributed by atoms with Gasteiger partial charge in [-0.2, -0.15) is 0 Å². The van der Waals surface area contributed by atoms with Gasteiger partial charge in [-0.05, 0) is 49.2 Å². The standard InChI is InChI=1S/C26H34FN3O4.C2H6.H2/c1-5-22(31)26-23(33-4)13-19(14-24(26)34-17(2)27)21-16-28-25-15-18(8-10-30(21)25)20-7-6-9-29(20)11-12-32-3;1-2;/h8,10,13-17,20,25,28H,5-7,9,11-12H2,1-4H3;1-2H3;1H. The summed E-state index contributed by atoms with van der Waals surface area (Å²) in [7, 11) is 3.24. The highest BCUT2D eigenvalue weighted by Crippen LogP contribution is 2.39. The van der Waals surface area contributed by atoms with Crippen LogP contribution in [0.2, 0.25) is 0 Å². The van der Waals surface area contributed by atoms with Crippen molar-refractivity contribution in [1.29, 1.82) is 0 Å². The fourth-order valence-electron chi connectivity index (χ4n) is 4.93. The van der Waals surface area contributed by atoms with E-state index in [2.05, 4.69) is 33.5 Å². The molecular formula is C28H42FN3O4. The van der Waals surface area contributed by atoms with E-state index in [-0.39, 0.29) is 31.1 Å². The second-order valence-corrected chi connectivity index (χ2v) is 8.71. The van der Waals surface area contributed by atoms with Gasteiger partial charge in [0.15, 0.2) is 5.78 Å². The van der Waals surface area contributed by atoms with E-state index < -0.39 is 6.36 Å². The lowest BCUT2D eigenvalue weighted by molar-refractivity contribution is 0.0819. The summed E-state index contributed by atoms with van der Waals surface area (Å²) in [5, 5.41) is 3.44. The van der Waals surface area contributed by atoms with Crippen LogP contribution in [-0.4, -0.2) is 68.1 Å². The van der Waals surface area contributed by atoms with E-state index in [1.807, 2.05) is 26.1 Å². The number of carbonyl (C=O) groups excluding carboxylic acids is 1. The Labute approximate surface area is 216 Å². The number of hydrogen-bond acceptors (Lipinski definition) is 7. The molecule has 200 valence electrons. The van der Waals surface area contributed by atoms with E-state index in [0.717, 1.165) is 37.4 Å².